The zero-order valence-corrected chi connectivity index (χ0v) is 14.4. The molecule has 6 nitrogen and oxygen atoms in total. The molecule has 0 atom stereocenters. The minimum atomic E-state index is -0.201. The maximum atomic E-state index is 12.4. The molecule has 0 bridgehead atoms. The van der Waals surface area contributed by atoms with E-state index in [4.69, 9.17) is 8.94 Å². The Balaban J connectivity index is 1.28. The minimum Gasteiger partial charge on any atom is -0.461 e. The summed E-state index contributed by atoms with van der Waals surface area (Å²) in [5.41, 5.74) is 1.60. The number of nitrogens with zero attached hydrogens (tertiary/aromatic N) is 2. The molecule has 134 valence electrons. The molecular weight excluding hydrogens is 330 g/mol. The summed E-state index contributed by atoms with van der Waals surface area (Å²) in [5.74, 6) is 0.816. The summed E-state index contributed by atoms with van der Waals surface area (Å²) in [4.78, 5) is 14.8. The number of carbonyl (C=O) groups is 1. The van der Waals surface area contributed by atoms with Crippen molar-refractivity contribution in [2.45, 2.75) is 25.4 Å². The van der Waals surface area contributed by atoms with E-state index in [0.29, 0.717) is 11.5 Å². The summed E-state index contributed by atoms with van der Waals surface area (Å²) in [6.45, 7) is 2.89. The fraction of sp³-hybridized carbons (Fsp3) is 0.300. The van der Waals surface area contributed by atoms with Crippen LogP contribution in [0, 0.1) is 0 Å². The number of rotatable bonds is 5. The first kappa shape index (κ1) is 16.6. The van der Waals surface area contributed by atoms with E-state index in [1.165, 1.54) is 5.56 Å². The predicted octanol–water partition coefficient (Wildman–Crippen LogP) is 3.33. The summed E-state index contributed by atoms with van der Waals surface area (Å²) in [6.07, 6.45) is 3.42. The van der Waals surface area contributed by atoms with Crippen molar-refractivity contribution < 1.29 is 13.7 Å². The van der Waals surface area contributed by atoms with Gasteiger partial charge in [0.25, 0.3) is 5.91 Å². The number of hydrogen-bond acceptors (Lipinski definition) is 5. The Morgan fingerprint density at radius 2 is 1.92 bits per heavy atom. The number of benzene rings is 1. The Bertz CT molecular complexity index is 834. The van der Waals surface area contributed by atoms with Crippen molar-refractivity contribution in [2.24, 2.45) is 0 Å². The van der Waals surface area contributed by atoms with Gasteiger partial charge in [-0.25, -0.2) is 0 Å². The van der Waals surface area contributed by atoms with Gasteiger partial charge in [-0.05, 0) is 30.5 Å². The first-order valence-corrected chi connectivity index (χ1v) is 8.86. The highest BCUT2D eigenvalue weighted by Crippen LogP contribution is 2.21. The second-order valence-electron chi connectivity index (χ2n) is 6.56. The summed E-state index contributed by atoms with van der Waals surface area (Å²) >= 11 is 0. The molecule has 1 aliphatic heterocycles. The highest BCUT2D eigenvalue weighted by molar-refractivity contribution is 5.93. The number of furan rings is 1. The monoisotopic (exact) mass is 351 g/mol. The van der Waals surface area contributed by atoms with E-state index in [9.17, 15) is 4.79 Å². The lowest BCUT2D eigenvalue weighted by Crippen LogP contribution is -2.44. The van der Waals surface area contributed by atoms with Gasteiger partial charge < -0.3 is 14.3 Å². The standard InChI is InChI=1S/C20H21N3O3/c24-20(17-13-19(26-22-17)18-7-4-12-25-18)21-16-8-10-23(11-9-16)14-15-5-2-1-3-6-15/h1-7,12-13,16H,8-11,14H2,(H,21,24). The third-order valence-corrected chi connectivity index (χ3v) is 4.68. The van der Waals surface area contributed by atoms with Crippen LogP contribution in [-0.2, 0) is 6.54 Å². The zero-order valence-electron chi connectivity index (χ0n) is 14.4. The topological polar surface area (TPSA) is 71.5 Å². The number of likely N-dealkylation sites (tertiary alicyclic amines) is 1. The minimum absolute atomic E-state index is 0.165. The van der Waals surface area contributed by atoms with Gasteiger partial charge in [-0.1, -0.05) is 35.5 Å². The lowest BCUT2D eigenvalue weighted by Gasteiger charge is -2.32. The van der Waals surface area contributed by atoms with E-state index in [0.717, 1.165) is 32.5 Å². The number of amides is 1. The fourth-order valence-corrected chi connectivity index (χ4v) is 3.25. The molecular formula is C20H21N3O3. The van der Waals surface area contributed by atoms with Gasteiger partial charge in [0.05, 0.1) is 6.26 Å². The Morgan fingerprint density at radius 1 is 1.12 bits per heavy atom. The van der Waals surface area contributed by atoms with Crippen LogP contribution in [-0.4, -0.2) is 35.1 Å². The lowest BCUT2D eigenvalue weighted by molar-refractivity contribution is 0.0900. The molecule has 1 N–H and O–H groups in total. The van der Waals surface area contributed by atoms with Crippen molar-refractivity contribution in [2.75, 3.05) is 13.1 Å². The molecule has 6 heteroatoms. The second kappa shape index (κ2) is 7.58. The molecule has 1 aliphatic rings. The van der Waals surface area contributed by atoms with Crippen LogP contribution >= 0.6 is 0 Å². The Morgan fingerprint density at radius 3 is 2.65 bits per heavy atom. The van der Waals surface area contributed by atoms with Gasteiger partial charge in [0.2, 0.25) is 5.76 Å². The second-order valence-corrected chi connectivity index (χ2v) is 6.56. The smallest absolute Gasteiger partial charge is 0.273 e. The average molecular weight is 351 g/mol. The SMILES string of the molecule is O=C(NC1CCN(Cc2ccccc2)CC1)c1cc(-c2ccco2)on1. The van der Waals surface area contributed by atoms with Crippen LogP contribution < -0.4 is 5.32 Å². The van der Waals surface area contributed by atoms with Crippen molar-refractivity contribution in [3.05, 3.63) is 66.1 Å². The van der Waals surface area contributed by atoms with Gasteiger partial charge in [-0.15, -0.1) is 0 Å². The summed E-state index contributed by atoms with van der Waals surface area (Å²) < 4.78 is 10.4. The molecule has 3 aromatic rings. The molecule has 3 heterocycles. The van der Waals surface area contributed by atoms with E-state index < -0.39 is 0 Å². The molecule has 0 spiro atoms. The zero-order chi connectivity index (χ0) is 17.8. The molecule has 4 rings (SSSR count). The van der Waals surface area contributed by atoms with Crippen LogP contribution in [0.2, 0.25) is 0 Å². The van der Waals surface area contributed by atoms with Crippen molar-refractivity contribution in [3.63, 3.8) is 0 Å². The maximum absolute atomic E-state index is 12.4. The largest absolute Gasteiger partial charge is 0.461 e. The van der Waals surface area contributed by atoms with Gasteiger partial charge in [0, 0.05) is 31.7 Å². The van der Waals surface area contributed by atoms with E-state index in [1.807, 2.05) is 6.07 Å². The average Bonchev–Trinajstić information content (AvgIpc) is 3.36. The van der Waals surface area contributed by atoms with E-state index in [-0.39, 0.29) is 17.6 Å². The number of nitrogens with one attached hydrogen (secondary N) is 1. The Labute approximate surface area is 151 Å². The van der Waals surface area contributed by atoms with Gasteiger partial charge in [0.15, 0.2) is 11.5 Å². The third kappa shape index (κ3) is 3.86. The first-order valence-electron chi connectivity index (χ1n) is 8.86. The maximum Gasteiger partial charge on any atom is 0.273 e. The van der Waals surface area contributed by atoms with Crippen LogP contribution in [0.1, 0.15) is 28.9 Å². The van der Waals surface area contributed by atoms with Crippen LogP contribution in [0.3, 0.4) is 0 Å². The molecule has 1 aromatic carbocycles. The molecule has 0 aliphatic carbocycles. The van der Waals surface area contributed by atoms with Crippen molar-refractivity contribution in [3.8, 4) is 11.5 Å². The highest BCUT2D eigenvalue weighted by atomic mass is 16.5. The number of carbonyl (C=O) groups excluding carboxylic acids is 1. The molecule has 0 saturated carbocycles. The summed E-state index contributed by atoms with van der Waals surface area (Å²) in [7, 11) is 0. The van der Waals surface area contributed by atoms with Crippen molar-refractivity contribution in [1.29, 1.82) is 0 Å². The molecule has 0 radical (unpaired) electrons. The number of aromatic nitrogens is 1. The van der Waals surface area contributed by atoms with E-state index in [1.54, 1.807) is 24.5 Å². The van der Waals surface area contributed by atoms with Gasteiger partial charge in [-0.2, -0.15) is 0 Å². The molecule has 1 saturated heterocycles. The van der Waals surface area contributed by atoms with Crippen LogP contribution in [0.5, 0.6) is 0 Å². The van der Waals surface area contributed by atoms with Gasteiger partial charge in [0.1, 0.15) is 0 Å². The predicted molar refractivity (Wildman–Crippen MR) is 96.4 cm³/mol. The molecule has 26 heavy (non-hydrogen) atoms. The first-order chi connectivity index (χ1) is 12.8. The highest BCUT2D eigenvalue weighted by Gasteiger charge is 2.23. The van der Waals surface area contributed by atoms with Crippen LogP contribution in [0.25, 0.3) is 11.5 Å². The summed E-state index contributed by atoms with van der Waals surface area (Å²) in [6, 6.07) is 15.8. The molecule has 1 fully saturated rings. The third-order valence-electron chi connectivity index (χ3n) is 4.68. The Hall–Kier alpha value is -2.86. The van der Waals surface area contributed by atoms with Gasteiger partial charge >= 0.3 is 0 Å². The molecule has 0 unspecified atom stereocenters. The van der Waals surface area contributed by atoms with Gasteiger partial charge in [-0.3, -0.25) is 9.69 Å². The van der Waals surface area contributed by atoms with Crippen molar-refractivity contribution >= 4 is 5.91 Å². The quantitative estimate of drug-likeness (QED) is 0.763. The number of piperidine rings is 1. The van der Waals surface area contributed by atoms with Crippen molar-refractivity contribution in [1.82, 2.24) is 15.4 Å². The molecule has 2 aromatic heterocycles. The summed E-state index contributed by atoms with van der Waals surface area (Å²) in [5, 5.41) is 6.91. The van der Waals surface area contributed by atoms with E-state index in [2.05, 4.69) is 39.6 Å². The normalized spacial score (nSPS) is 15.8. The van der Waals surface area contributed by atoms with E-state index >= 15 is 0 Å². The van der Waals surface area contributed by atoms with Crippen LogP contribution in [0.15, 0.2) is 63.7 Å². The number of hydrogen-bond donors (Lipinski definition) is 1. The fourth-order valence-electron chi connectivity index (χ4n) is 3.25. The van der Waals surface area contributed by atoms with Crippen LogP contribution in [0.4, 0.5) is 0 Å². The Kier molecular flexibility index (Phi) is 4.84. The molecule has 1 amide bonds. The lowest BCUT2D eigenvalue weighted by atomic mass is 10.0.